The molecule has 2 aromatic carbocycles. The van der Waals surface area contributed by atoms with Gasteiger partial charge in [0, 0.05) is 17.9 Å². The Labute approximate surface area is 123 Å². The lowest BCUT2D eigenvalue weighted by atomic mass is 10.2. The van der Waals surface area contributed by atoms with Gasteiger partial charge in [0.1, 0.15) is 5.75 Å². The molecule has 2 amide bonds. The SMILES string of the molecule is Nc1ccc(NC(=O)N2CCCOc3ccccc32)cc1. The minimum atomic E-state index is -0.169. The number of fused-ring (bicyclic) bond motifs is 1. The standard InChI is InChI=1S/C16H17N3O2/c17-12-6-8-13(9-7-12)18-16(20)19-10-3-11-21-15-5-2-1-4-14(15)19/h1-2,4-9H,3,10-11,17H2,(H,18,20). The average molecular weight is 283 g/mol. The summed E-state index contributed by atoms with van der Waals surface area (Å²) in [7, 11) is 0. The van der Waals surface area contributed by atoms with E-state index in [0.29, 0.717) is 18.8 Å². The molecule has 0 spiro atoms. The number of para-hydroxylation sites is 2. The predicted octanol–water partition coefficient (Wildman–Crippen LogP) is 3.09. The van der Waals surface area contributed by atoms with E-state index >= 15 is 0 Å². The lowest BCUT2D eigenvalue weighted by molar-refractivity contribution is 0.257. The molecule has 2 aromatic rings. The van der Waals surface area contributed by atoms with Gasteiger partial charge in [0.05, 0.1) is 12.3 Å². The lowest BCUT2D eigenvalue weighted by Gasteiger charge is -2.22. The molecule has 0 unspecified atom stereocenters. The number of carbonyl (C=O) groups is 1. The first-order valence-corrected chi connectivity index (χ1v) is 6.90. The van der Waals surface area contributed by atoms with Crippen LogP contribution in [-0.4, -0.2) is 19.2 Å². The normalized spacial score (nSPS) is 13.8. The molecule has 0 saturated carbocycles. The minimum absolute atomic E-state index is 0.169. The van der Waals surface area contributed by atoms with Crippen molar-refractivity contribution in [1.82, 2.24) is 0 Å². The first kappa shape index (κ1) is 13.3. The molecule has 0 bridgehead atoms. The summed E-state index contributed by atoms with van der Waals surface area (Å²) in [5.74, 6) is 0.738. The molecule has 1 aliphatic heterocycles. The summed E-state index contributed by atoms with van der Waals surface area (Å²) in [5.41, 5.74) is 7.83. The van der Waals surface area contributed by atoms with E-state index in [1.54, 1.807) is 29.2 Å². The first-order valence-electron chi connectivity index (χ1n) is 6.90. The number of hydrogen-bond acceptors (Lipinski definition) is 3. The maximum Gasteiger partial charge on any atom is 0.326 e. The van der Waals surface area contributed by atoms with Crippen molar-refractivity contribution >= 4 is 23.1 Å². The van der Waals surface area contributed by atoms with Gasteiger partial charge in [-0.3, -0.25) is 4.90 Å². The third kappa shape index (κ3) is 2.91. The molecular weight excluding hydrogens is 266 g/mol. The predicted molar refractivity (Wildman–Crippen MR) is 83.8 cm³/mol. The Kier molecular flexibility index (Phi) is 3.64. The second-order valence-electron chi connectivity index (χ2n) is 4.87. The zero-order chi connectivity index (χ0) is 14.7. The Morgan fingerprint density at radius 1 is 1.14 bits per heavy atom. The molecule has 0 aromatic heterocycles. The molecule has 1 heterocycles. The average Bonchev–Trinajstić information content (AvgIpc) is 2.72. The zero-order valence-corrected chi connectivity index (χ0v) is 11.6. The van der Waals surface area contributed by atoms with E-state index in [4.69, 9.17) is 10.5 Å². The molecule has 108 valence electrons. The number of nitrogens with two attached hydrogens (primary N) is 1. The summed E-state index contributed by atoms with van der Waals surface area (Å²) in [5, 5.41) is 2.88. The van der Waals surface area contributed by atoms with E-state index in [9.17, 15) is 4.79 Å². The number of carbonyl (C=O) groups excluding carboxylic acids is 1. The Morgan fingerprint density at radius 3 is 2.71 bits per heavy atom. The number of hydrogen-bond donors (Lipinski definition) is 2. The maximum absolute atomic E-state index is 12.5. The largest absolute Gasteiger partial charge is 0.491 e. The summed E-state index contributed by atoms with van der Waals surface area (Å²) in [6.45, 7) is 1.24. The molecule has 21 heavy (non-hydrogen) atoms. The Hall–Kier alpha value is -2.69. The van der Waals surface area contributed by atoms with Crippen LogP contribution in [0.25, 0.3) is 0 Å². The summed E-state index contributed by atoms with van der Waals surface area (Å²) < 4.78 is 5.66. The van der Waals surface area contributed by atoms with Gasteiger partial charge in [0.2, 0.25) is 0 Å². The second kappa shape index (κ2) is 5.75. The van der Waals surface area contributed by atoms with Crippen LogP contribution in [0.5, 0.6) is 5.75 Å². The summed E-state index contributed by atoms with van der Waals surface area (Å²) in [4.78, 5) is 14.2. The number of anilines is 3. The van der Waals surface area contributed by atoms with Crippen molar-refractivity contribution in [2.75, 3.05) is 29.1 Å². The number of ether oxygens (including phenoxy) is 1. The third-order valence-electron chi connectivity index (χ3n) is 3.35. The van der Waals surface area contributed by atoms with Crippen molar-refractivity contribution < 1.29 is 9.53 Å². The highest BCUT2D eigenvalue weighted by Crippen LogP contribution is 2.30. The van der Waals surface area contributed by atoms with Gasteiger partial charge in [-0.25, -0.2) is 4.79 Å². The van der Waals surface area contributed by atoms with Crippen molar-refractivity contribution in [3.63, 3.8) is 0 Å². The van der Waals surface area contributed by atoms with Crippen LogP contribution in [0.4, 0.5) is 21.9 Å². The van der Waals surface area contributed by atoms with Gasteiger partial charge in [-0.15, -0.1) is 0 Å². The maximum atomic E-state index is 12.5. The number of nitrogens with one attached hydrogen (secondary N) is 1. The molecule has 5 nitrogen and oxygen atoms in total. The van der Waals surface area contributed by atoms with E-state index in [0.717, 1.165) is 23.5 Å². The van der Waals surface area contributed by atoms with Gasteiger partial charge < -0.3 is 15.8 Å². The summed E-state index contributed by atoms with van der Waals surface area (Å²) >= 11 is 0. The fourth-order valence-electron chi connectivity index (χ4n) is 2.30. The van der Waals surface area contributed by atoms with E-state index in [1.165, 1.54) is 0 Å². The molecule has 0 saturated heterocycles. The number of urea groups is 1. The molecular formula is C16H17N3O2. The van der Waals surface area contributed by atoms with Crippen molar-refractivity contribution in [3.05, 3.63) is 48.5 Å². The summed E-state index contributed by atoms with van der Waals surface area (Å²) in [6.07, 6.45) is 0.795. The smallest absolute Gasteiger partial charge is 0.326 e. The first-order chi connectivity index (χ1) is 10.2. The number of nitrogens with zero attached hydrogens (tertiary/aromatic N) is 1. The van der Waals surface area contributed by atoms with Crippen LogP contribution >= 0.6 is 0 Å². The van der Waals surface area contributed by atoms with Crippen LogP contribution in [0, 0.1) is 0 Å². The van der Waals surface area contributed by atoms with E-state index in [-0.39, 0.29) is 6.03 Å². The molecule has 5 heteroatoms. The topological polar surface area (TPSA) is 67.6 Å². The molecule has 0 fully saturated rings. The van der Waals surface area contributed by atoms with Crippen LogP contribution in [0.1, 0.15) is 6.42 Å². The molecule has 1 aliphatic rings. The fraction of sp³-hybridized carbons (Fsp3) is 0.188. The van der Waals surface area contributed by atoms with Gasteiger partial charge in [0.15, 0.2) is 0 Å². The highest BCUT2D eigenvalue weighted by Gasteiger charge is 2.21. The monoisotopic (exact) mass is 283 g/mol. The minimum Gasteiger partial charge on any atom is -0.491 e. The van der Waals surface area contributed by atoms with Crippen molar-refractivity contribution in [2.24, 2.45) is 0 Å². The molecule has 3 N–H and O–H groups in total. The van der Waals surface area contributed by atoms with Crippen LogP contribution in [0.15, 0.2) is 48.5 Å². The number of amides is 2. The van der Waals surface area contributed by atoms with Crippen LogP contribution in [-0.2, 0) is 0 Å². The number of nitrogen functional groups attached to an aromatic ring is 1. The number of benzene rings is 2. The van der Waals surface area contributed by atoms with E-state index in [2.05, 4.69) is 5.32 Å². The van der Waals surface area contributed by atoms with Gasteiger partial charge in [-0.05, 0) is 42.8 Å². The highest BCUT2D eigenvalue weighted by molar-refractivity contribution is 6.02. The quantitative estimate of drug-likeness (QED) is 0.790. The Balaban J connectivity index is 1.82. The van der Waals surface area contributed by atoms with Crippen LogP contribution in [0.2, 0.25) is 0 Å². The van der Waals surface area contributed by atoms with E-state index in [1.807, 2.05) is 24.3 Å². The molecule has 3 rings (SSSR count). The Bertz CT molecular complexity index is 640. The fourth-order valence-corrected chi connectivity index (χ4v) is 2.30. The van der Waals surface area contributed by atoms with Gasteiger partial charge >= 0.3 is 6.03 Å². The molecule has 0 aliphatic carbocycles. The van der Waals surface area contributed by atoms with Crippen LogP contribution < -0.4 is 20.7 Å². The van der Waals surface area contributed by atoms with Crippen LogP contribution in [0.3, 0.4) is 0 Å². The van der Waals surface area contributed by atoms with Crippen molar-refractivity contribution in [3.8, 4) is 5.75 Å². The van der Waals surface area contributed by atoms with Gasteiger partial charge in [0.25, 0.3) is 0 Å². The van der Waals surface area contributed by atoms with Gasteiger partial charge in [-0.1, -0.05) is 12.1 Å². The highest BCUT2D eigenvalue weighted by atomic mass is 16.5. The zero-order valence-electron chi connectivity index (χ0n) is 11.6. The van der Waals surface area contributed by atoms with Gasteiger partial charge in [-0.2, -0.15) is 0 Å². The third-order valence-corrected chi connectivity index (χ3v) is 3.35. The summed E-state index contributed by atoms with van der Waals surface area (Å²) in [6, 6.07) is 14.5. The molecule has 0 radical (unpaired) electrons. The van der Waals surface area contributed by atoms with Crippen molar-refractivity contribution in [2.45, 2.75) is 6.42 Å². The second-order valence-corrected chi connectivity index (χ2v) is 4.87. The van der Waals surface area contributed by atoms with E-state index < -0.39 is 0 Å². The number of rotatable bonds is 1. The lowest BCUT2D eigenvalue weighted by Crippen LogP contribution is -2.35. The molecule has 0 atom stereocenters. The van der Waals surface area contributed by atoms with Crippen molar-refractivity contribution in [1.29, 1.82) is 0 Å². The Morgan fingerprint density at radius 2 is 1.90 bits per heavy atom.